The molecule has 0 bridgehead atoms. The van der Waals surface area contributed by atoms with Gasteiger partial charge in [-0.3, -0.25) is 14.4 Å². The molecule has 1 aromatic carbocycles. The molecule has 0 aliphatic rings. The molecule has 3 amide bonds. The molecule has 6 heteroatoms. The van der Waals surface area contributed by atoms with Gasteiger partial charge in [-0.05, 0) is 53.7 Å². The maximum Gasteiger partial charge on any atom is 0.243 e. The van der Waals surface area contributed by atoms with Gasteiger partial charge in [-0.25, -0.2) is 0 Å². The molecular weight excluding hydrogens is 426 g/mol. The lowest BCUT2D eigenvalue weighted by atomic mass is 9.88. The number of nitrogens with one attached hydrogen (secondary N) is 3. The first kappa shape index (κ1) is 29.7. The molecule has 0 saturated carbocycles. The molecule has 0 aliphatic carbocycles. The number of amides is 3. The largest absolute Gasteiger partial charge is 0.345 e. The van der Waals surface area contributed by atoms with Crippen molar-refractivity contribution in [3.8, 4) is 0 Å². The lowest BCUT2D eigenvalue weighted by Gasteiger charge is -2.22. The monoisotopic (exact) mass is 473 g/mol. The van der Waals surface area contributed by atoms with E-state index >= 15 is 0 Å². The Kier molecular flexibility index (Phi) is 11.8. The van der Waals surface area contributed by atoms with Crippen LogP contribution in [-0.2, 0) is 20.8 Å². The molecule has 0 fully saturated rings. The first-order valence-corrected chi connectivity index (χ1v) is 12.6. The molecule has 1 atom stereocenters. The van der Waals surface area contributed by atoms with E-state index in [4.69, 9.17) is 0 Å². The Bertz CT molecular complexity index is 787. The first-order chi connectivity index (χ1) is 15.7. The summed E-state index contributed by atoms with van der Waals surface area (Å²) in [6.07, 6.45) is 5.41. The van der Waals surface area contributed by atoms with Crippen LogP contribution in [0.1, 0.15) is 93.1 Å². The van der Waals surface area contributed by atoms with Gasteiger partial charge in [-0.15, -0.1) is 0 Å². The van der Waals surface area contributed by atoms with Gasteiger partial charge < -0.3 is 16.0 Å². The van der Waals surface area contributed by atoms with Gasteiger partial charge in [-0.1, -0.05) is 80.4 Å². The van der Waals surface area contributed by atoms with Gasteiger partial charge in [0.15, 0.2) is 0 Å². The van der Waals surface area contributed by atoms with E-state index in [1.165, 1.54) is 5.56 Å². The normalized spacial score (nSPS) is 12.9. The molecule has 0 aromatic heterocycles. The Morgan fingerprint density at radius 2 is 1.44 bits per heavy atom. The maximum absolute atomic E-state index is 12.6. The molecule has 34 heavy (non-hydrogen) atoms. The van der Waals surface area contributed by atoms with Crippen LogP contribution >= 0.6 is 0 Å². The van der Waals surface area contributed by atoms with Gasteiger partial charge in [0.1, 0.15) is 6.04 Å². The Morgan fingerprint density at radius 3 is 1.97 bits per heavy atom. The highest BCUT2D eigenvalue weighted by molar-refractivity contribution is 5.96. The van der Waals surface area contributed by atoms with Gasteiger partial charge in [0.05, 0.1) is 6.54 Å². The van der Waals surface area contributed by atoms with Crippen LogP contribution in [0.3, 0.4) is 0 Å². The van der Waals surface area contributed by atoms with E-state index < -0.39 is 6.04 Å². The minimum atomic E-state index is -0.661. The molecule has 1 aromatic rings. The average Bonchev–Trinajstić information content (AvgIpc) is 2.69. The van der Waals surface area contributed by atoms with Crippen LogP contribution in [0.15, 0.2) is 24.3 Å². The lowest BCUT2D eigenvalue weighted by molar-refractivity contribution is -0.130. The SMILES string of the molecule is CC(C)C(NC(=O)CCCCCC(C)(C)C)C(=O)NCC(=O)Nc1ccc(CC(C)(C)C)cc1. The number of hydrogen-bond acceptors (Lipinski definition) is 3. The Labute approximate surface area is 207 Å². The number of hydrogen-bond donors (Lipinski definition) is 3. The highest BCUT2D eigenvalue weighted by Crippen LogP contribution is 2.23. The summed E-state index contributed by atoms with van der Waals surface area (Å²) in [4.78, 5) is 37.3. The molecule has 0 radical (unpaired) electrons. The average molecular weight is 474 g/mol. The second kappa shape index (κ2) is 13.5. The lowest BCUT2D eigenvalue weighted by Crippen LogP contribution is -2.51. The van der Waals surface area contributed by atoms with Crippen molar-refractivity contribution in [3.05, 3.63) is 29.8 Å². The van der Waals surface area contributed by atoms with Crippen LogP contribution in [0.4, 0.5) is 5.69 Å². The maximum atomic E-state index is 12.6. The number of unbranched alkanes of at least 4 members (excludes halogenated alkanes) is 2. The fraction of sp³-hybridized carbons (Fsp3) is 0.679. The molecule has 0 spiro atoms. The van der Waals surface area contributed by atoms with E-state index in [9.17, 15) is 14.4 Å². The molecule has 3 N–H and O–H groups in total. The van der Waals surface area contributed by atoms with E-state index in [-0.39, 0.29) is 35.6 Å². The van der Waals surface area contributed by atoms with Crippen molar-refractivity contribution < 1.29 is 14.4 Å². The second-order valence-corrected chi connectivity index (χ2v) is 12.1. The van der Waals surface area contributed by atoms with E-state index in [1.54, 1.807) is 0 Å². The van der Waals surface area contributed by atoms with Crippen LogP contribution in [0, 0.1) is 16.7 Å². The molecule has 192 valence electrons. The molecule has 1 unspecified atom stereocenters. The number of benzene rings is 1. The van der Waals surface area contributed by atoms with Crippen molar-refractivity contribution in [2.45, 2.75) is 100.0 Å². The quantitative estimate of drug-likeness (QED) is 0.352. The number of carbonyl (C=O) groups excluding carboxylic acids is 3. The molecule has 1 rings (SSSR count). The van der Waals surface area contributed by atoms with E-state index in [2.05, 4.69) is 57.5 Å². The standard InChI is InChI=1S/C28H47N3O3/c1-20(2)25(31-23(32)12-10-9-11-17-27(3,4)5)26(34)29-19-24(33)30-22-15-13-21(14-16-22)18-28(6,7)8/h13-16,20,25H,9-12,17-19H2,1-8H3,(H,29,34)(H,30,33)(H,31,32). The van der Waals surface area contributed by atoms with Crippen molar-refractivity contribution in [2.24, 2.45) is 16.7 Å². The molecular formula is C28H47N3O3. The summed E-state index contributed by atoms with van der Waals surface area (Å²) in [5, 5.41) is 8.30. The third kappa shape index (κ3) is 13.4. The van der Waals surface area contributed by atoms with Gasteiger partial charge in [0, 0.05) is 12.1 Å². The topological polar surface area (TPSA) is 87.3 Å². The third-order valence-electron chi connectivity index (χ3n) is 5.49. The summed E-state index contributed by atoms with van der Waals surface area (Å²) in [6, 6.07) is 7.10. The van der Waals surface area contributed by atoms with Crippen LogP contribution < -0.4 is 16.0 Å². The zero-order chi connectivity index (χ0) is 25.9. The summed E-state index contributed by atoms with van der Waals surface area (Å²) in [5.74, 6) is -0.843. The first-order valence-electron chi connectivity index (χ1n) is 12.6. The fourth-order valence-corrected chi connectivity index (χ4v) is 3.70. The predicted octanol–water partition coefficient (Wildman–Crippen LogP) is 5.47. The third-order valence-corrected chi connectivity index (χ3v) is 5.49. The highest BCUT2D eigenvalue weighted by Gasteiger charge is 2.24. The van der Waals surface area contributed by atoms with Crippen molar-refractivity contribution >= 4 is 23.4 Å². The van der Waals surface area contributed by atoms with Gasteiger partial charge in [0.2, 0.25) is 17.7 Å². The zero-order valence-corrected chi connectivity index (χ0v) is 22.6. The predicted molar refractivity (Wildman–Crippen MR) is 141 cm³/mol. The number of carbonyl (C=O) groups is 3. The minimum absolute atomic E-state index is 0.0803. The van der Waals surface area contributed by atoms with Gasteiger partial charge in [-0.2, -0.15) is 0 Å². The van der Waals surface area contributed by atoms with E-state index in [1.807, 2.05) is 38.1 Å². The summed E-state index contributed by atoms with van der Waals surface area (Å²) in [7, 11) is 0. The Hall–Kier alpha value is -2.37. The van der Waals surface area contributed by atoms with Crippen molar-refractivity contribution in [1.82, 2.24) is 10.6 Å². The van der Waals surface area contributed by atoms with Crippen LogP contribution in [0.2, 0.25) is 0 Å². The summed E-state index contributed by atoms with van der Waals surface area (Å²) < 4.78 is 0. The van der Waals surface area contributed by atoms with Crippen molar-refractivity contribution in [2.75, 3.05) is 11.9 Å². The van der Waals surface area contributed by atoms with E-state index in [0.717, 1.165) is 32.1 Å². The van der Waals surface area contributed by atoms with Crippen molar-refractivity contribution in [3.63, 3.8) is 0 Å². The number of anilines is 1. The Morgan fingerprint density at radius 1 is 0.824 bits per heavy atom. The van der Waals surface area contributed by atoms with Crippen molar-refractivity contribution in [1.29, 1.82) is 0 Å². The highest BCUT2D eigenvalue weighted by atomic mass is 16.2. The zero-order valence-electron chi connectivity index (χ0n) is 22.6. The van der Waals surface area contributed by atoms with Gasteiger partial charge >= 0.3 is 0 Å². The molecule has 0 saturated heterocycles. The fourth-order valence-electron chi connectivity index (χ4n) is 3.70. The summed E-state index contributed by atoms with van der Waals surface area (Å²) in [6.45, 7) is 16.8. The molecule has 0 heterocycles. The van der Waals surface area contributed by atoms with E-state index in [0.29, 0.717) is 17.5 Å². The summed E-state index contributed by atoms with van der Waals surface area (Å²) in [5.41, 5.74) is 2.41. The second-order valence-electron chi connectivity index (χ2n) is 12.1. The molecule has 6 nitrogen and oxygen atoms in total. The van der Waals surface area contributed by atoms with Crippen LogP contribution in [0.5, 0.6) is 0 Å². The van der Waals surface area contributed by atoms with Crippen LogP contribution in [-0.4, -0.2) is 30.3 Å². The van der Waals surface area contributed by atoms with Gasteiger partial charge in [0.25, 0.3) is 0 Å². The molecule has 0 aliphatic heterocycles. The van der Waals surface area contributed by atoms with Crippen LogP contribution in [0.25, 0.3) is 0 Å². The minimum Gasteiger partial charge on any atom is -0.345 e. The summed E-state index contributed by atoms with van der Waals surface area (Å²) >= 11 is 0. The number of rotatable bonds is 12. The smallest absolute Gasteiger partial charge is 0.243 e. The Balaban J connectivity index is 2.44.